The van der Waals surface area contributed by atoms with Crippen molar-refractivity contribution in [2.24, 2.45) is 52.2 Å². The van der Waals surface area contributed by atoms with Gasteiger partial charge < -0.3 is 49.5 Å². The van der Waals surface area contributed by atoms with E-state index in [4.69, 9.17) is 33.8 Å². The summed E-state index contributed by atoms with van der Waals surface area (Å²) in [4.78, 5) is 20.2. The van der Waals surface area contributed by atoms with Gasteiger partial charge in [-0.15, -0.1) is 0 Å². The number of hydrazine groups is 4. The smallest absolute Gasteiger partial charge is 0.236 e. The van der Waals surface area contributed by atoms with Crippen LogP contribution in [0.3, 0.4) is 0 Å². The standard InChI is InChI=1S/C13H33N7O.3C8H19N.C7H19N3.C2H6.CH4N2O.2CH5N.2CH4/c1-12(14)13(21)18-8-5-11-20(16)10-3-2-6-17-7-4-9-19-15;1-4-5-6-9-7-8(2)3;1-3-4-5-6-7-8(2)9;1-3-5-7-9-8-6-4-2;1-2-3-5-9-6-4-7-10-8;1-2;2-3-1-4;2*1-2;;/h12,17,19H,2-11,14-16H2,1H3,(H,18,21);8-9H,4-7H2,1-3H3;8H,3-7,9H2,1-2H3;9H,3-8H2,1-2H3;9-10H,2-8H2,1H3;1-2H3;1H,2H2,(H,3,4);2*2H2,1H3;2*1H4. The normalized spacial score (nSPS) is 10.2. The fraction of sp³-hybridized carbons (Fsp3) is 0.961. The van der Waals surface area contributed by atoms with Crippen molar-refractivity contribution in [3.8, 4) is 0 Å². The first-order chi connectivity index (χ1) is 32.9. The van der Waals surface area contributed by atoms with Gasteiger partial charge in [-0.25, -0.2) is 10.9 Å². The molecule has 0 bridgehead atoms. The van der Waals surface area contributed by atoms with Crippen LogP contribution in [0.4, 0.5) is 0 Å². The lowest BCUT2D eigenvalue weighted by Crippen LogP contribution is -2.40. The third kappa shape index (κ3) is 138. The lowest BCUT2D eigenvalue weighted by molar-refractivity contribution is -0.122. The number of rotatable bonds is 38. The first-order valence-electron chi connectivity index (χ1n) is 26.9. The average molecular weight is 1020 g/mol. The number of carbonyl (C=O) groups is 2. The van der Waals surface area contributed by atoms with E-state index in [0.29, 0.717) is 19.0 Å². The number of carbonyl (C=O) groups excluding carboxylic acids is 2. The first-order valence-corrected chi connectivity index (χ1v) is 26.9. The van der Waals surface area contributed by atoms with Gasteiger partial charge in [-0.3, -0.25) is 43.4 Å². The molecule has 0 spiro atoms. The number of amides is 2. The van der Waals surface area contributed by atoms with Crippen molar-refractivity contribution in [3.05, 3.63) is 0 Å². The highest BCUT2D eigenvalue weighted by atomic mass is 16.2. The maximum Gasteiger partial charge on any atom is 0.236 e. The molecule has 2 amide bonds. The summed E-state index contributed by atoms with van der Waals surface area (Å²) in [5.74, 6) is 21.2. The molecule has 0 aliphatic heterocycles. The molecule has 0 aliphatic carbocycles. The van der Waals surface area contributed by atoms with Crippen molar-refractivity contribution < 1.29 is 9.59 Å². The van der Waals surface area contributed by atoms with E-state index in [1.54, 1.807) is 17.4 Å². The van der Waals surface area contributed by atoms with Crippen LogP contribution in [0.15, 0.2) is 0 Å². The predicted molar refractivity (Wildman–Crippen MR) is 317 cm³/mol. The molecule has 0 aromatic carbocycles. The van der Waals surface area contributed by atoms with Crippen LogP contribution in [0.2, 0.25) is 0 Å². The highest BCUT2D eigenvalue weighted by Gasteiger charge is 2.06. The highest BCUT2D eigenvalue weighted by Crippen LogP contribution is 2.03. The average Bonchev–Trinajstić information content (AvgIpc) is 3.35. The van der Waals surface area contributed by atoms with Crippen LogP contribution in [-0.4, -0.2) is 129 Å². The summed E-state index contributed by atoms with van der Waals surface area (Å²) in [6.07, 6.45) is 22.5. The monoisotopic (exact) mass is 1020 g/mol. The van der Waals surface area contributed by atoms with Crippen molar-refractivity contribution in [2.75, 3.05) is 99.2 Å². The predicted octanol–water partition coefficient (Wildman–Crippen LogP) is 5.03. The Balaban J connectivity index is -0.0000000683. The molecule has 0 heterocycles. The Morgan fingerprint density at radius 3 is 1.19 bits per heavy atom. The fourth-order valence-electron chi connectivity index (χ4n) is 4.83. The van der Waals surface area contributed by atoms with Crippen molar-refractivity contribution in [1.82, 2.24) is 47.9 Å². The van der Waals surface area contributed by atoms with Crippen LogP contribution in [-0.2, 0) is 9.59 Å². The van der Waals surface area contributed by atoms with Gasteiger partial charge in [-0.2, -0.15) is 0 Å². The second kappa shape index (κ2) is 104. The van der Waals surface area contributed by atoms with E-state index in [0.717, 1.165) is 90.4 Å². The third-order valence-electron chi connectivity index (χ3n) is 8.70. The summed E-state index contributed by atoms with van der Waals surface area (Å²) in [5, 5.41) is 18.0. The Morgan fingerprint density at radius 1 is 0.500 bits per heavy atom. The molecule has 0 saturated heterocycles. The zero-order chi connectivity index (χ0) is 54.2. The van der Waals surface area contributed by atoms with Crippen LogP contribution in [0.1, 0.15) is 207 Å². The summed E-state index contributed by atoms with van der Waals surface area (Å²) in [7, 11) is 3.00. The molecule has 70 heavy (non-hydrogen) atoms. The minimum absolute atomic E-state index is 0. The number of hydrogen-bond donors (Lipinski definition) is 16. The molecule has 0 aliphatic rings. The van der Waals surface area contributed by atoms with E-state index in [1.165, 1.54) is 124 Å². The molecule has 0 fully saturated rings. The largest absolute Gasteiger partial charge is 0.355 e. The number of unbranched alkanes of at least 4 members (excludes halogenated alkanes) is 8. The minimum Gasteiger partial charge on any atom is -0.355 e. The van der Waals surface area contributed by atoms with Gasteiger partial charge in [0, 0.05) is 38.8 Å². The lowest BCUT2D eigenvalue weighted by atomic mass is 10.1. The SMILES string of the molecule is C.C.CC.CC(N)C(=O)NCCCN(N)CCCCNCCCNN.CCCCCCC(C)N.CCCCNCC(C)C.CCCCNCCCC.CCCCNCCCNN.CN.CN.NNC=O. The maximum atomic E-state index is 11.2. The molecule has 2 unspecified atom stereocenters. The summed E-state index contributed by atoms with van der Waals surface area (Å²) in [6.45, 7) is 36.3. The van der Waals surface area contributed by atoms with Crippen LogP contribution >= 0.6 is 0 Å². The van der Waals surface area contributed by atoms with E-state index in [9.17, 15) is 4.79 Å². The highest BCUT2D eigenvalue weighted by molar-refractivity contribution is 5.80. The van der Waals surface area contributed by atoms with Crippen LogP contribution in [0.25, 0.3) is 0 Å². The second-order valence-electron chi connectivity index (χ2n) is 16.2. The Labute approximate surface area is 438 Å². The van der Waals surface area contributed by atoms with Crippen molar-refractivity contribution in [2.45, 2.75) is 219 Å². The van der Waals surface area contributed by atoms with Crippen molar-refractivity contribution in [3.63, 3.8) is 0 Å². The van der Waals surface area contributed by atoms with Crippen molar-refractivity contribution >= 4 is 12.3 Å². The van der Waals surface area contributed by atoms with Gasteiger partial charge in [0.25, 0.3) is 0 Å². The molecule has 438 valence electrons. The van der Waals surface area contributed by atoms with Gasteiger partial charge >= 0.3 is 0 Å². The molecule has 0 aromatic rings. The van der Waals surface area contributed by atoms with E-state index in [2.05, 4.69) is 110 Å². The molecule has 19 heteroatoms. The van der Waals surface area contributed by atoms with Gasteiger partial charge in [0.05, 0.1) is 6.04 Å². The summed E-state index contributed by atoms with van der Waals surface area (Å²) in [6, 6.07) is -0.0473. The molecule has 0 aromatic heterocycles. The zero-order valence-corrected chi connectivity index (χ0v) is 47.6. The number of nitrogens with two attached hydrogens (primary N) is 8. The van der Waals surface area contributed by atoms with Gasteiger partial charge in [-0.05, 0) is 150 Å². The number of nitrogens with one attached hydrogen (secondary N) is 8. The lowest BCUT2D eigenvalue weighted by Gasteiger charge is -2.16. The minimum atomic E-state index is -0.452. The van der Waals surface area contributed by atoms with Crippen LogP contribution in [0, 0.1) is 5.92 Å². The van der Waals surface area contributed by atoms with E-state index in [-0.39, 0.29) is 20.8 Å². The Morgan fingerprint density at radius 2 is 0.857 bits per heavy atom. The quantitative estimate of drug-likeness (QED) is 0.0127. The molecular formula is C51H137N17O2. The second-order valence-corrected chi connectivity index (χ2v) is 16.2. The maximum absolute atomic E-state index is 11.2. The summed E-state index contributed by atoms with van der Waals surface area (Å²) >= 11 is 0. The molecule has 0 rings (SSSR count). The summed E-state index contributed by atoms with van der Waals surface area (Å²) < 4.78 is 0. The van der Waals surface area contributed by atoms with E-state index < -0.39 is 6.04 Å². The van der Waals surface area contributed by atoms with E-state index in [1.807, 2.05) is 13.8 Å². The number of hydrogen-bond acceptors (Lipinski definition) is 17. The van der Waals surface area contributed by atoms with Gasteiger partial charge in [0.2, 0.25) is 12.3 Å². The van der Waals surface area contributed by atoms with Gasteiger partial charge in [-0.1, -0.05) is 129 Å². The molecule has 0 saturated carbocycles. The first kappa shape index (κ1) is 94.3. The molecule has 0 radical (unpaired) electrons. The van der Waals surface area contributed by atoms with Gasteiger partial charge in [0.15, 0.2) is 0 Å². The van der Waals surface area contributed by atoms with Crippen LogP contribution < -0.4 is 89.2 Å². The Bertz CT molecular complexity index is 735. The van der Waals surface area contributed by atoms with Gasteiger partial charge in [0.1, 0.15) is 0 Å². The number of nitrogens with zero attached hydrogens (tertiary/aromatic N) is 1. The molecular weight excluding hydrogens is 883 g/mol. The van der Waals surface area contributed by atoms with Crippen LogP contribution in [0.5, 0.6) is 0 Å². The summed E-state index contributed by atoms with van der Waals surface area (Å²) in [5.41, 5.74) is 27.0. The van der Waals surface area contributed by atoms with Crippen molar-refractivity contribution in [1.29, 1.82) is 0 Å². The molecule has 19 nitrogen and oxygen atoms in total. The third-order valence-corrected chi connectivity index (χ3v) is 8.70. The zero-order valence-electron chi connectivity index (χ0n) is 47.6. The fourth-order valence-corrected chi connectivity index (χ4v) is 4.83. The Hall–Kier alpha value is -1.66. The van der Waals surface area contributed by atoms with E-state index >= 15 is 0 Å². The Kier molecular flexibility index (Phi) is 140. The molecule has 2 atom stereocenters. The molecule has 24 N–H and O–H groups in total. The topological polar surface area (TPSA) is 342 Å².